The number of amides is 6. The molecular formula is C77H119N10O33P. The summed E-state index contributed by atoms with van der Waals surface area (Å²) in [5.41, 5.74) is 0.814. The SMILES string of the molecule is CNC1C(OCCOCCNC(=O)C(Cc2ccc(CNC(=O)[C@H]3CC[C@@H](OP(OCCC#N)N(C(C)C)C(C)C)CC3)cc2)N(CC(=O)NCCOCCOC(O)/C(NC=O)=C(/COC(C)=O)OC(C)=O)CC(=O)NCCOCCOC2OC(COC(C)=O)C(OC(C)=O)C(OC(C)=O)C2NC=O)OC(COC(C)=O)C(OC(C)=O)C1OC(C)=O. The number of aliphatic hydroxyl groups is 1. The van der Waals surface area contributed by atoms with Crippen LogP contribution in [0.3, 0.4) is 0 Å². The Morgan fingerprint density at radius 1 is 0.570 bits per heavy atom. The van der Waals surface area contributed by atoms with Crippen LogP contribution in [0.2, 0.25) is 0 Å². The Labute approximate surface area is 703 Å². The Balaban J connectivity index is 1.59. The molecule has 2 saturated heterocycles. The van der Waals surface area contributed by atoms with Gasteiger partial charge in [0.25, 0.3) is 8.53 Å². The quantitative estimate of drug-likeness (QED) is 0.00754. The van der Waals surface area contributed by atoms with E-state index in [2.05, 4.69) is 75.7 Å². The number of nitrogens with one attached hydrogen (secondary N) is 7. The normalized spacial score (nSPS) is 21.7. The van der Waals surface area contributed by atoms with Crippen LogP contribution in [0.4, 0.5) is 0 Å². The van der Waals surface area contributed by atoms with E-state index in [9.17, 15) is 77.5 Å². The number of likely N-dealkylation sites (N-methyl/N-ethyl adjacent to an activating group) is 1. The summed E-state index contributed by atoms with van der Waals surface area (Å²) in [7, 11) is 0.0571. The predicted molar refractivity (Wildman–Crippen MR) is 418 cm³/mol. The average molecular weight is 1740 g/mol. The average Bonchev–Trinajstić information content (AvgIpc) is 0.791. The zero-order valence-corrected chi connectivity index (χ0v) is 71.6. The van der Waals surface area contributed by atoms with Crippen molar-refractivity contribution in [3.8, 4) is 6.07 Å². The van der Waals surface area contributed by atoms with Crippen LogP contribution in [0.25, 0.3) is 0 Å². The van der Waals surface area contributed by atoms with Gasteiger partial charge in [-0.15, -0.1) is 0 Å². The van der Waals surface area contributed by atoms with Crippen LogP contribution in [0, 0.1) is 17.2 Å². The van der Waals surface area contributed by atoms with E-state index in [1.54, 1.807) is 24.3 Å². The van der Waals surface area contributed by atoms with Crippen molar-refractivity contribution in [1.29, 1.82) is 5.26 Å². The van der Waals surface area contributed by atoms with E-state index < -0.39 is 192 Å². The number of nitrogens with zero attached hydrogens (tertiary/aromatic N) is 3. The molecule has 2 heterocycles. The second-order valence-electron chi connectivity index (χ2n) is 28.2. The van der Waals surface area contributed by atoms with Gasteiger partial charge >= 0.3 is 47.8 Å². The van der Waals surface area contributed by atoms with E-state index >= 15 is 0 Å². The highest BCUT2D eigenvalue weighted by atomic mass is 31.2. The number of carbonyl (C=O) groups excluding carboxylic acids is 14. The molecule has 0 radical (unpaired) electrons. The maximum atomic E-state index is 14.9. The number of esters is 8. The summed E-state index contributed by atoms with van der Waals surface area (Å²) in [6.07, 6.45) is -9.31. The molecule has 2 aliphatic heterocycles. The number of nitriles is 1. The summed E-state index contributed by atoms with van der Waals surface area (Å²) < 4.78 is 104. The van der Waals surface area contributed by atoms with Crippen molar-refractivity contribution in [1.82, 2.24) is 46.8 Å². The largest absolute Gasteiger partial charge is 0.463 e. The van der Waals surface area contributed by atoms with Crippen molar-refractivity contribution < 1.29 is 157 Å². The minimum Gasteiger partial charge on any atom is -0.463 e. The molecule has 4 rings (SSSR count). The maximum absolute atomic E-state index is 14.9. The number of benzene rings is 1. The van der Waals surface area contributed by atoms with Crippen molar-refractivity contribution in [2.75, 3.05) is 126 Å². The topological polar surface area (TPSA) is 540 Å². The third kappa shape index (κ3) is 39.7. The third-order valence-corrected chi connectivity index (χ3v) is 20.1. The molecule has 3 aliphatic rings. The number of ether oxygens (including phenoxy) is 16. The summed E-state index contributed by atoms with van der Waals surface area (Å²) in [6, 6.07) is 5.83. The van der Waals surface area contributed by atoms with Gasteiger partial charge in [-0.25, -0.2) is 4.67 Å². The molecule has 680 valence electrons. The lowest BCUT2D eigenvalue weighted by Crippen LogP contribution is -2.66. The minimum atomic E-state index is -1.92. The molecule has 121 heavy (non-hydrogen) atoms. The lowest BCUT2D eigenvalue weighted by molar-refractivity contribution is -0.279. The first-order chi connectivity index (χ1) is 57.7. The van der Waals surface area contributed by atoms with Crippen LogP contribution in [0.5, 0.6) is 0 Å². The Bertz CT molecular complexity index is 3530. The van der Waals surface area contributed by atoms with Crippen molar-refractivity contribution in [3.63, 3.8) is 0 Å². The lowest BCUT2D eigenvalue weighted by atomic mass is 9.87. The molecule has 13 atom stereocenters. The van der Waals surface area contributed by atoms with Crippen LogP contribution < -0.4 is 37.2 Å². The summed E-state index contributed by atoms with van der Waals surface area (Å²) in [6.45, 7) is 12.6. The van der Waals surface area contributed by atoms with Gasteiger partial charge in [0.2, 0.25) is 36.4 Å². The molecule has 3 fully saturated rings. The third-order valence-electron chi connectivity index (χ3n) is 17.9. The number of aliphatic hydroxyl groups excluding tert-OH is 1. The molecule has 0 aromatic heterocycles. The Hall–Kier alpha value is -9.10. The molecular weight excluding hydrogens is 1620 g/mol. The fraction of sp³-hybridized carbons (Fsp3) is 0.701. The second kappa shape index (κ2) is 57.3. The van der Waals surface area contributed by atoms with Crippen LogP contribution in [0.1, 0.15) is 126 Å². The molecule has 8 N–H and O–H groups in total. The first kappa shape index (κ1) is 104. The fourth-order valence-electron chi connectivity index (χ4n) is 12.8. The van der Waals surface area contributed by atoms with Gasteiger partial charge in [-0.05, 0) is 78.0 Å². The Morgan fingerprint density at radius 3 is 1.51 bits per heavy atom. The predicted octanol–water partition coefficient (Wildman–Crippen LogP) is -0.777. The first-order valence-corrected chi connectivity index (χ1v) is 40.6. The summed E-state index contributed by atoms with van der Waals surface area (Å²) in [5.74, 6) is -9.01. The maximum Gasteiger partial charge on any atom is 0.307 e. The van der Waals surface area contributed by atoms with Crippen LogP contribution in [0.15, 0.2) is 35.7 Å². The molecule has 1 aromatic carbocycles. The van der Waals surface area contributed by atoms with E-state index in [1.807, 2.05) is 0 Å². The molecule has 0 bridgehead atoms. The molecule has 1 aliphatic carbocycles. The molecule has 1 aromatic rings. The smallest absolute Gasteiger partial charge is 0.307 e. The molecule has 13 unspecified atom stereocenters. The number of hydrogen-bond donors (Lipinski definition) is 8. The Morgan fingerprint density at radius 2 is 1.05 bits per heavy atom. The highest BCUT2D eigenvalue weighted by Crippen LogP contribution is 2.49. The van der Waals surface area contributed by atoms with Crippen LogP contribution in [-0.2, 0) is 165 Å². The van der Waals surface area contributed by atoms with Crippen molar-refractivity contribution in [2.45, 2.75) is 220 Å². The van der Waals surface area contributed by atoms with Gasteiger partial charge in [0.05, 0.1) is 110 Å². The molecule has 44 heteroatoms. The molecule has 0 spiro atoms. The van der Waals surface area contributed by atoms with Gasteiger partial charge in [-0.1, -0.05) is 24.3 Å². The zero-order valence-electron chi connectivity index (χ0n) is 70.7. The molecule has 43 nitrogen and oxygen atoms in total. The number of hydrogen-bond acceptors (Lipinski definition) is 37. The molecule has 6 amide bonds. The van der Waals surface area contributed by atoms with Crippen LogP contribution in [-0.4, -0.2) is 316 Å². The van der Waals surface area contributed by atoms with Gasteiger partial charge in [-0.3, -0.25) is 72.0 Å². The van der Waals surface area contributed by atoms with Crippen LogP contribution >= 0.6 is 8.53 Å². The van der Waals surface area contributed by atoms with E-state index in [0.717, 1.165) is 48.5 Å². The van der Waals surface area contributed by atoms with Gasteiger partial charge < -0.3 is 127 Å². The molecule has 1 saturated carbocycles. The van der Waals surface area contributed by atoms with Crippen molar-refractivity contribution in [3.05, 3.63) is 46.8 Å². The zero-order chi connectivity index (χ0) is 89.5. The van der Waals surface area contributed by atoms with E-state index in [4.69, 9.17) is 84.8 Å². The first-order valence-electron chi connectivity index (χ1n) is 39.5. The van der Waals surface area contributed by atoms with Gasteiger partial charge in [0.1, 0.15) is 37.2 Å². The van der Waals surface area contributed by atoms with E-state index in [1.165, 1.54) is 18.9 Å². The highest BCUT2D eigenvalue weighted by molar-refractivity contribution is 7.44. The Kier molecular flexibility index (Phi) is 49.4. The van der Waals surface area contributed by atoms with Gasteiger partial charge in [-0.2, -0.15) is 5.26 Å². The fourth-order valence-corrected chi connectivity index (χ4v) is 14.6. The highest BCUT2D eigenvalue weighted by Gasteiger charge is 2.52. The van der Waals surface area contributed by atoms with Gasteiger partial charge in [0, 0.05) is 99.6 Å². The second-order valence-corrected chi connectivity index (χ2v) is 29.6. The standard InChI is InChI=1S/C77H119N10O33P/c1-46(2)87(47(3)4)121(112-27-14-23-78)120-59-21-19-58(20-22-59)73(100)83-38-57-17-15-56(16-18-57)37-60(74(101)82-26-30-105-32-35-107-76-67(79-13)71(116-54(11)96)69(114-52(9)94)62(118-76)42-110-49(6)91)86(39-64(98)80-24-28-103-31-34-106-75(102)66(84-44-88)61(113-51(8)93)41-109-48(5)90)40-65(99)81-25-29-104-33-36-108-77-68(85-45-89)72(117-55(12)97)70(115-53(10)95)63(119-77)43-111-50(7)92/h15-18,44-47,58-60,62-63,67-72,75-77,79,102H,14,19-22,24-43H2,1-13H3,(H,80,98)(H,81,99)(H,82,101)(H,83,100)(H,84,88)(H,85,89)/b66-61+/t58-,59+,60?,62?,63?,67?,68?,69?,70?,71?,72?,75?,76?,77?,121?. The number of carbonyl (C=O) groups is 14. The minimum absolute atomic E-state index is 0.112. The van der Waals surface area contributed by atoms with E-state index in [-0.39, 0.29) is 148 Å². The van der Waals surface area contributed by atoms with Crippen molar-refractivity contribution in [2.24, 2.45) is 5.92 Å². The van der Waals surface area contributed by atoms with Gasteiger partial charge in [0.15, 0.2) is 55.7 Å². The summed E-state index contributed by atoms with van der Waals surface area (Å²) in [5, 5.41) is 38.9. The summed E-state index contributed by atoms with van der Waals surface area (Å²) >= 11 is 0. The van der Waals surface area contributed by atoms with E-state index in [0.29, 0.717) is 36.8 Å². The summed E-state index contributed by atoms with van der Waals surface area (Å²) in [4.78, 5) is 178. The number of rotatable bonds is 57. The van der Waals surface area contributed by atoms with Crippen molar-refractivity contribution >= 4 is 92.7 Å². The monoisotopic (exact) mass is 1740 g/mol. The lowest BCUT2D eigenvalue weighted by Gasteiger charge is -2.44.